The zero-order chi connectivity index (χ0) is 34.2. The van der Waals surface area contributed by atoms with Crippen LogP contribution in [0.2, 0.25) is 0 Å². The van der Waals surface area contributed by atoms with Crippen molar-refractivity contribution in [3.05, 3.63) is 24.3 Å². The molecule has 0 aromatic heterocycles. The molecular formula is C35H65NO10. The molecule has 1 heterocycles. The molecule has 1 fully saturated rings. The first-order chi connectivity index (χ1) is 22.2. The summed E-state index contributed by atoms with van der Waals surface area (Å²) >= 11 is 0. The second-order valence-corrected chi connectivity index (χ2v) is 12.6. The number of hydrogen-bond acceptors (Lipinski definition) is 10. The van der Waals surface area contributed by atoms with E-state index in [-0.39, 0.29) is 6.42 Å². The predicted molar refractivity (Wildman–Crippen MR) is 178 cm³/mol. The van der Waals surface area contributed by atoms with Gasteiger partial charge in [0, 0.05) is 0 Å². The number of aliphatic hydroxyl groups is 7. The molecule has 9 atom stereocenters. The summed E-state index contributed by atoms with van der Waals surface area (Å²) in [5.74, 6) is -0.718. The molecule has 1 saturated heterocycles. The van der Waals surface area contributed by atoms with Crippen molar-refractivity contribution >= 4 is 5.91 Å². The van der Waals surface area contributed by atoms with Crippen LogP contribution < -0.4 is 5.32 Å². The molecule has 8 N–H and O–H groups in total. The van der Waals surface area contributed by atoms with Gasteiger partial charge in [-0.1, -0.05) is 109 Å². The van der Waals surface area contributed by atoms with Crippen molar-refractivity contribution in [3.8, 4) is 0 Å². The summed E-state index contributed by atoms with van der Waals surface area (Å²) in [5.41, 5.74) is 0. The van der Waals surface area contributed by atoms with Gasteiger partial charge in [-0.05, 0) is 38.5 Å². The SMILES string of the molecule is CCCCC/C=C\C=C/CCCCCCCC(O)C(=O)NC(COC1OC(CO)C(O)C(O)C1O)C(O)C(O)CCCCCCC. The van der Waals surface area contributed by atoms with Gasteiger partial charge >= 0.3 is 0 Å². The Morgan fingerprint density at radius 3 is 1.93 bits per heavy atom. The molecule has 1 aliphatic heterocycles. The molecule has 0 aliphatic carbocycles. The smallest absolute Gasteiger partial charge is 0.249 e. The fraction of sp³-hybridized carbons (Fsp3) is 0.857. The Morgan fingerprint density at radius 2 is 1.30 bits per heavy atom. The third kappa shape index (κ3) is 17.7. The van der Waals surface area contributed by atoms with E-state index in [0.29, 0.717) is 19.3 Å². The first-order valence-electron chi connectivity index (χ1n) is 17.8. The number of unbranched alkanes of at least 4 members (excludes halogenated alkanes) is 12. The highest BCUT2D eigenvalue weighted by Crippen LogP contribution is 2.23. The molecule has 270 valence electrons. The molecule has 0 bridgehead atoms. The third-order valence-corrected chi connectivity index (χ3v) is 8.53. The van der Waals surface area contributed by atoms with Gasteiger partial charge in [-0.2, -0.15) is 0 Å². The fourth-order valence-electron chi connectivity index (χ4n) is 5.43. The highest BCUT2D eigenvalue weighted by Gasteiger charge is 2.44. The van der Waals surface area contributed by atoms with Crippen molar-refractivity contribution in [2.24, 2.45) is 0 Å². The molecule has 46 heavy (non-hydrogen) atoms. The summed E-state index contributed by atoms with van der Waals surface area (Å²) in [6, 6.07) is -1.17. The molecule has 0 saturated carbocycles. The van der Waals surface area contributed by atoms with Gasteiger partial charge in [0.1, 0.15) is 36.6 Å². The van der Waals surface area contributed by atoms with Gasteiger partial charge < -0.3 is 50.5 Å². The molecule has 0 aromatic carbocycles. The summed E-state index contributed by atoms with van der Waals surface area (Å²) in [6.07, 6.45) is 13.0. The van der Waals surface area contributed by atoms with E-state index in [2.05, 4.69) is 43.5 Å². The summed E-state index contributed by atoms with van der Waals surface area (Å²) in [5, 5.41) is 74.5. The minimum Gasteiger partial charge on any atom is -0.394 e. The van der Waals surface area contributed by atoms with Gasteiger partial charge in [-0.15, -0.1) is 0 Å². The fourth-order valence-corrected chi connectivity index (χ4v) is 5.43. The van der Waals surface area contributed by atoms with Crippen LogP contribution in [0.3, 0.4) is 0 Å². The monoisotopic (exact) mass is 659 g/mol. The minimum absolute atomic E-state index is 0.241. The largest absolute Gasteiger partial charge is 0.394 e. The lowest BCUT2D eigenvalue weighted by Gasteiger charge is -2.40. The minimum atomic E-state index is -1.66. The molecule has 9 unspecified atom stereocenters. The van der Waals surface area contributed by atoms with Crippen LogP contribution in [0.15, 0.2) is 24.3 Å². The van der Waals surface area contributed by atoms with E-state index >= 15 is 0 Å². The molecular weight excluding hydrogens is 594 g/mol. The van der Waals surface area contributed by atoms with E-state index in [1.54, 1.807) is 0 Å². The number of aliphatic hydroxyl groups excluding tert-OH is 7. The van der Waals surface area contributed by atoms with E-state index < -0.39 is 74.2 Å². The second-order valence-electron chi connectivity index (χ2n) is 12.6. The van der Waals surface area contributed by atoms with Gasteiger partial charge in [-0.3, -0.25) is 4.79 Å². The van der Waals surface area contributed by atoms with E-state index in [9.17, 15) is 40.5 Å². The predicted octanol–water partition coefficient (Wildman–Crippen LogP) is 3.15. The molecule has 1 rings (SSSR count). The maximum Gasteiger partial charge on any atom is 0.249 e. The first-order valence-corrected chi connectivity index (χ1v) is 17.8. The van der Waals surface area contributed by atoms with Crippen LogP contribution in [0.5, 0.6) is 0 Å². The van der Waals surface area contributed by atoms with Crippen LogP contribution in [0.1, 0.15) is 123 Å². The summed E-state index contributed by atoms with van der Waals surface area (Å²) < 4.78 is 10.9. The van der Waals surface area contributed by atoms with Crippen molar-refractivity contribution in [2.75, 3.05) is 13.2 Å². The number of amides is 1. The van der Waals surface area contributed by atoms with Crippen LogP contribution >= 0.6 is 0 Å². The third-order valence-electron chi connectivity index (χ3n) is 8.53. The topological polar surface area (TPSA) is 189 Å². The average molecular weight is 660 g/mol. The van der Waals surface area contributed by atoms with Crippen LogP contribution in [0.25, 0.3) is 0 Å². The molecule has 0 radical (unpaired) electrons. The quantitative estimate of drug-likeness (QED) is 0.0481. The van der Waals surface area contributed by atoms with Gasteiger partial charge in [0.05, 0.1) is 25.4 Å². The Hall–Kier alpha value is -1.41. The van der Waals surface area contributed by atoms with Crippen molar-refractivity contribution in [1.29, 1.82) is 0 Å². The number of allylic oxidation sites excluding steroid dienone is 4. The van der Waals surface area contributed by atoms with Gasteiger partial charge in [0.15, 0.2) is 6.29 Å². The molecule has 1 amide bonds. The Balaban J connectivity index is 2.56. The Bertz CT molecular complexity index is 810. The lowest BCUT2D eigenvalue weighted by Crippen LogP contribution is -2.60. The van der Waals surface area contributed by atoms with Gasteiger partial charge in [0.25, 0.3) is 0 Å². The van der Waals surface area contributed by atoms with Crippen molar-refractivity contribution in [2.45, 2.75) is 178 Å². The van der Waals surface area contributed by atoms with E-state index in [4.69, 9.17) is 9.47 Å². The van der Waals surface area contributed by atoms with Gasteiger partial charge in [-0.25, -0.2) is 0 Å². The Morgan fingerprint density at radius 1 is 0.761 bits per heavy atom. The molecule has 11 heteroatoms. The lowest BCUT2D eigenvalue weighted by molar-refractivity contribution is -0.303. The zero-order valence-electron chi connectivity index (χ0n) is 28.3. The number of hydrogen-bond donors (Lipinski definition) is 8. The standard InChI is InChI=1S/C35H65NO10/c1-3-5-7-9-10-11-12-13-14-15-16-17-19-21-23-28(39)34(44)36-26(30(40)27(38)22-20-18-8-6-4-2)25-45-35-33(43)32(42)31(41)29(24-37)46-35/h10-13,26-33,35,37-43H,3-9,14-25H2,1-2H3,(H,36,44)/b11-10-,13-12-. The van der Waals surface area contributed by atoms with Crippen molar-refractivity contribution in [3.63, 3.8) is 0 Å². The normalized spacial score (nSPS) is 24.8. The average Bonchev–Trinajstić information content (AvgIpc) is 3.05. The summed E-state index contributed by atoms with van der Waals surface area (Å²) in [7, 11) is 0. The highest BCUT2D eigenvalue weighted by atomic mass is 16.7. The van der Waals surface area contributed by atoms with Crippen LogP contribution in [0, 0.1) is 0 Å². The molecule has 0 spiro atoms. The van der Waals surface area contributed by atoms with Crippen molar-refractivity contribution < 1.29 is 50.0 Å². The zero-order valence-corrected chi connectivity index (χ0v) is 28.3. The maximum atomic E-state index is 12.9. The number of ether oxygens (including phenoxy) is 2. The first kappa shape index (κ1) is 42.6. The van der Waals surface area contributed by atoms with Crippen LogP contribution in [-0.2, 0) is 14.3 Å². The highest BCUT2D eigenvalue weighted by molar-refractivity contribution is 5.80. The lowest BCUT2D eigenvalue weighted by atomic mass is 9.98. The molecule has 11 nitrogen and oxygen atoms in total. The van der Waals surface area contributed by atoms with E-state index in [1.165, 1.54) is 19.3 Å². The van der Waals surface area contributed by atoms with Crippen molar-refractivity contribution in [1.82, 2.24) is 5.32 Å². The molecule has 1 aliphatic rings. The van der Waals surface area contributed by atoms with E-state index in [1.807, 2.05) is 0 Å². The number of nitrogens with one attached hydrogen (secondary N) is 1. The van der Waals surface area contributed by atoms with Gasteiger partial charge in [0.2, 0.25) is 5.91 Å². The molecule has 0 aromatic rings. The summed E-state index contributed by atoms with van der Waals surface area (Å²) in [4.78, 5) is 12.9. The number of carbonyl (C=O) groups is 1. The maximum absolute atomic E-state index is 12.9. The van der Waals surface area contributed by atoms with E-state index in [0.717, 1.165) is 64.2 Å². The van der Waals surface area contributed by atoms with Crippen LogP contribution in [0.4, 0.5) is 0 Å². The number of carbonyl (C=O) groups excluding carboxylic acids is 1. The second kappa shape index (κ2) is 26.5. The number of rotatable bonds is 27. The Kier molecular flexibility index (Phi) is 24.6. The van der Waals surface area contributed by atoms with Crippen LogP contribution in [-0.4, -0.2) is 110 Å². The Labute approximate surface area is 276 Å². The summed E-state index contributed by atoms with van der Waals surface area (Å²) in [6.45, 7) is 3.24.